The van der Waals surface area contributed by atoms with Crippen LogP contribution in [0.25, 0.3) is 22.5 Å². The van der Waals surface area contributed by atoms with E-state index in [1.807, 2.05) is 59.2 Å². The first-order valence-corrected chi connectivity index (χ1v) is 9.90. The number of fused-ring (bicyclic) bond motifs is 1. The molecule has 0 aliphatic carbocycles. The smallest absolute Gasteiger partial charge is 0.264 e. The summed E-state index contributed by atoms with van der Waals surface area (Å²) in [5.74, 6) is 0.905. The molecule has 0 atom stereocenters. The summed E-state index contributed by atoms with van der Waals surface area (Å²) in [7, 11) is 0. The van der Waals surface area contributed by atoms with Gasteiger partial charge in [-0.25, -0.2) is 0 Å². The lowest BCUT2D eigenvalue weighted by atomic mass is 10.2. The van der Waals surface area contributed by atoms with E-state index >= 15 is 0 Å². The second-order valence-corrected chi connectivity index (χ2v) is 7.40. The van der Waals surface area contributed by atoms with E-state index in [-0.39, 0.29) is 12.5 Å². The van der Waals surface area contributed by atoms with E-state index in [9.17, 15) is 4.79 Å². The minimum absolute atomic E-state index is 0.127. The monoisotopic (exact) mass is 438 g/mol. The highest BCUT2D eigenvalue weighted by Gasteiger charge is 2.18. The quantitative estimate of drug-likeness (QED) is 0.457. The van der Waals surface area contributed by atoms with Gasteiger partial charge < -0.3 is 14.3 Å². The molecule has 1 N–H and O–H groups in total. The molecule has 0 aliphatic rings. The zero-order valence-electron chi connectivity index (χ0n) is 15.4. The molecule has 0 spiro atoms. The van der Waals surface area contributed by atoms with Gasteiger partial charge in [-0.2, -0.15) is 0 Å². The van der Waals surface area contributed by atoms with Crippen molar-refractivity contribution in [1.82, 2.24) is 14.8 Å². The van der Waals surface area contributed by atoms with Crippen molar-refractivity contribution >= 4 is 38.4 Å². The molecule has 2 aromatic heterocycles. The Kier molecular flexibility index (Phi) is 5.25. The van der Waals surface area contributed by atoms with Crippen LogP contribution in [0.3, 0.4) is 0 Å². The van der Waals surface area contributed by atoms with Gasteiger partial charge >= 0.3 is 0 Å². The number of amides is 1. The van der Waals surface area contributed by atoms with Crippen LogP contribution in [0.5, 0.6) is 0 Å². The first-order chi connectivity index (χ1) is 13.6. The van der Waals surface area contributed by atoms with Gasteiger partial charge in [0.1, 0.15) is 12.2 Å². The average molecular weight is 439 g/mol. The molecule has 0 fully saturated rings. The van der Waals surface area contributed by atoms with Crippen LogP contribution in [-0.2, 0) is 17.8 Å². The highest BCUT2D eigenvalue weighted by molar-refractivity contribution is 9.10. The molecule has 6 nitrogen and oxygen atoms in total. The third kappa shape index (κ3) is 3.84. The summed E-state index contributed by atoms with van der Waals surface area (Å²) < 4.78 is 8.68. The molecule has 0 unspecified atom stereocenters. The Morgan fingerprint density at radius 1 is 1.14 bits per heavy atom. The Bertz CT molecular complexity index is 1120. The zero-order valence-corrected chi connectivity index (χ0v) is 16.9. The van der Waals surface area contributed by atoms with E-state index in [2.05, 4.69) is 38.4 Å². The Balaban J connectivity index is 1.66. The van der Waals surface area contributed by atoms with Gasteiger partial charge in [-0.1, -0.05) is 41.1 Å². The standard InChI is InChI=1S/C21H19BrN4O2/c1-2-5-20-24-25-21(28-20)18-12-14-6-3-4-7-17(14)26(18)13-19(27)23-16-10-8-15(22)9-11-16/h3-4,6-12H,2,5,13H2,1H3,(H,23,27). The number of carbonyl (C=O) groups is 1. The highest BCUT2D eigenvalue weighted by atomic mass is 79.9. The average Bonchev–Trinajstić information content (AvgIpc) is 3.29. The van der Waals surface area contributed by atoms with Gasteiger partial charge in [-0.05, 0) is 42.8 Å². The van der Waals surface area contributed by atoms with Crippen LogP contribution in [0.2, 0.25) is 0 Å². The molecule has 0 radical (unpaired) electrons. The fraction of sp³-hybridized carbons (Fsp3) is 0.190. The number of para-hydroxylation sites is 1. The molecule has 2 heterocycles. The van der Waals surface area contributed by atoms with Crippen LogP contribution in [0, 0.1) is 0 Å². The van der Waals surface area contributed by atoms with E-state index in [4.69, 9.17) is 4.42 Å². The lowest BCUT2D eigenvalue weighted by molar-refractivity contribution is -0.116. The largest absolute Gasteiger partial charge is 0.419 e. The summed E-state index contributed by atoms with van der Waals surface area (Å²) in [6.07, 6.45) is 1.66. The van der Waals surface area contributed by atoms with E-state index in [0.717, 1.165) is 39.6 Å². The Labute approximate surface area is 170 Å². The molecule has 7 heteroatoms. The number of rotatable bonds is 6. The van der Waals surface area contributed by atoms with E-state index in [1.54, 1.807) is 0 Å². The first-order valence-electron chi connectivity index (χ1n) is 9.10. The molecule has 0 aliphatic heterocycles. The van der Waals surface area contributed by atoms with Gasteiger partial charge in [0.05, 0.1) is 0 Å². The molecule has 28 heavy (non-hydrogen) atoms. The van der Waals surface area contributed by atoms with Crippen molar-refractivity contribution in [1.29, 1.82) is 0 Å². The number of aryl methyl sites for hydroxylation is 1. The van der Waals surface area contributed by atoms with Gasteiger partial charge in [0.15, 0.2) is 0 Å². The van der Waals surface area contributed by atoms with Crippen LogP contribution in [0.1, 0.15) is 19.2 Å². The summed E-state index contributed by atoms with van der Waals surface area (Å²) in [5, 5.41) is 12.2. The third-order valence-corrected chi connectivity index (χ3v) is 4.92. The number of nitrogens with zero attached hydrogens (tertiary/aromatic N) is 3. The Morgan fingerprint density at radius 3 is 2.71 bits per heavy atom. The molecule has 1 amide bonds. The van der Waals surface area contributed by atoms with Crippen molar-refractivity contribution in [3.63, 3.8) is 0 Å². The maximum atomic E-state index is 12.7. The molecule has 4 rings (SSSR count). The lowest BCUT2D eigenvalue weighted by Gasteiger charge is -2.10. The second-order valence-electron chi connectivity index (χ2n) is 6.48. The molecular weight excluding hydrogens is 420 g/mol. The zero-order chi connectivity index (χ0) is 19.5. The highest BCUT2D eigenvalue weighted by Crippen LogP contribution is 2.28. The molecular formula is C21H19BrN4O2. The van der Waals surface area contributed by atoms with Gasteiger partial charge in [-0.15, -0.1) is 10.2 Å². The number of hydrogen-bond donors (Lipinski definition) is 1. The fourth-order valence-corrected chi connectivity index (χ4v) is 3.37. The van der Waals surface area contributed by atoms with Crippen molar-refractivity contribution in [3.05, 3.63) is 65.0 Å². The number of halogens is 1. The van der Waals surface area contributed by atoms with Crippen LogP contribution >= 0.6 is 15.9 Å². The van der Waals surface area contributed by atoms with Crippen LogP contribution < -0.4 is 5.32 Å². The fourth-order valence-electron chi connectivity index (χ4n) is 3.11. The van der Waals surface area contributed by atoms with Crippen molar-refractivity contribution in [3.8, 4) is 11.6 Å². The molecule has 2 aromatic carbocycles. The first kappa shape index (κ1) is 18.4. The summed E-state index contributed by atoms with van der Waals surface area (Å²) in [6, 6.07) is 17.4. The van der Waals surface area contributed by atoms with Gasteiger partial charge in [0, 0.05) is 27.5 Å². The number of benzene rings is 2. The van der Waals surface area contributed by atoms with Crippen molar-refractivity contribution in [2.75, 3.05) is 5.32 Å². The number of aromatic nitrogens is 3. The summed E-state index contributed by atoms with van der Waals surface area (Å²) in [4.78, 5) is 12.7. The lowest BCUT2D eigenvalue weighted by Crippen LogP contribution is -2.19. The molecule has 4 aromatic rings. The topological polar surface area (TPSA) is 73.0 Å². The van der Waals surface area contributed by atoms with E-state index < -0.39 is 0 Å². The Morgan fingerprint density at radius 2 is 1.93 bits per heavy atom. The van der Waals surface area contributed by atoms with Gasteiger partial charge in [0.2, 0.25) is 11.8 Å². The number of hydrogen-bond acceptors (Lipinski definition) is 4. The van der Waals surface area contributed by atoms with Crippen LogP contribution in [0.4, 0.5) is 5.69 Å². The maximum Gasteiger partial charge on any atom is 0.264 e. The number of anilines is 1. The summed E-state index contributed by atoms with van der Waals surface area (Å²) in [5.41, 5.74) is 2.43. The molecule has 0 saturated heterocycles. The van der Waals surface area contributed by atoms with E-state index in [0.29, 0.717) is 11.8 Å². The Hall–Kier alpha value is -2.93. The van der Waals surface area contributed by atoms with Crippen LogP contribution in [-0.4, -0.2) is 20.7 Å². The number of carbonyl (C=O) groups excluding carboxylic acids is 1. The number of nitrogens with one attached hydrogen (secondary N) is 1. The maximum absolute atomic E-state index is 12.7. The van der Waals surface area contributed by atoms with Crippen LogP contribution in [0.15, 0.2) is 63.5 Å². The normalized spacial score (nSPS) is 11.1. The van der Waals surface area contributed by atoms with E-state index in [1.165, 1.54) is 0 Å². The molecule has 142 valence electrons. The van der Waals surface area contributed by atoms with Gasteiger partial charge in [-0.3, -0.25) is 4.79 Å². The predicted molar refractivity (Wildman–Crippen MR) is 112 cm³/mol. The summed E-state index contributed by atoms with van der Waals surface area (Å²) >= 11 is 3.40. The second kappa shape index (κ2) is 7.98. The third-order valence-electron chi connectivity index (χ3n) is 4.39. The van der Waals surface area contributed by atoms with Gasteiger partial charge in [0.25, 0.3) is 5.89 Å². The molecule has 0 saturated carbocycles. The van der Waals surface area contributed by atoms with Crippen molar-refractivity contribution in [2.24, 2.45) is 0 Å². The predicted octanol–water partition coefficient (Wildman–Crippen LogP) is 5.05. The summed E-state index contributed by atoms with van der Waals surface area (Å²) in [6.45, 7) is 2.21. The van der Waals surface area contributed by atoms with Crippen molar-refractivity contribution < 1.29 is 9.21 Å². The minimum atomic E-state index is -0.127. The minimum Gasteiger partial charge on any atom is -0.419 e. The molecule has 0 bridgehead atoms. The SMILES string of the molecule is CCCc1nnc(-c2cc3ccccc3n2CC(=O)Nc2ccc(Br)cc2)o1. The van der Waals surface area contributed by atoms with Crippen molar-refractivity contribution in [2.45, 2.75) is 26.3 Å².